The van der Waals surface area contributed by atoms with E-state index >= 15 is 0 Å². The summed E-state index contributed by atoms with van der Waals surface area (Å²) in [6.07, 6.45) is 4.76. The molecule has 0 spiro atoms. The van der Waals surface area contributed by atoms with Crippen LogP contribution in [0.2, 0.25) is 0 Å². The second kappa shape index (κ2) is 6.38. The topological polar surface area (TPSA) is 35.5 Å². The van der Waals surface area contributed by atoms with E-state index in [1.165, 1.54) is 32.4 Å². The Morgan fingerprint density at radius 3 is 2.86 bits per heavy atom. The van der Waals surface area contributed by atoms with Crippen molar-refractivity contribution in [1.82, 2.24) is 10.2 Å². The van der Waals surface area contributed by atoms with Gasteiger partial charge < -0.3 is 15.3 Å². The minimum absolute atomic E-state index is 0.267. The van der Waals surface area contributed by atoms with Gasteiger partial charge in [0.1, 0.15) is 0 Å². The molecule has 0 aromatic rings. The van der Waals surface area contributed by atoms with E-state index in [9.17, 15) is 0 Å². The molecule has 2 N–H and O–H groups in total. The molecule has 1 rings (SSSR count). The fourth-order valence-corrected chi connectivity index (χ4v) is 2.04. The van der Waals surface area contributed by atoms with Crippen LogP contribution in [0.5, 0.6) is 0 Å². The first-order valence-corrected chi connectivity index (χ1v) is 5.81. The van der Waals surface area contributed by atoms with Gasteiger partial charge >= 0.3 is 0 Å². The highest BCUT2D eigenvalue weighted by molar-refractivity contribution is 4.77. The van der Waals surface area contributed by atoms with Crippen LogP contribution in [-0.2, 0) is 0 Å². The molecule has 0 radical (unpaired) electrons. The van der Waals surface area contributed by atoms with Gasteiger partial charge in [-0.2, -0.15) is 0 Å². The van der Waals surface area contributed by atoms with E-state index in [-0.39, 0.29) is 6.61 Å². The molecule has 1 aliphatic heterocycles. The van der Waals surface area contributed by atoms with Crippen molar-refractivity contribution >= 4 is 0 Å². The first-order chi connectivity index (χ1) is 6.76. The van der Waals surface area contributed by atoms with Crippen LogP contribution in [0.3, 0.4) is 0 Å². The van der Waals surface area contributed by atoms with Gasteiger partial charge in [-0.3, -0.25) is 0 Å². The fourth-order valence-electron chi connectivity index (χ4n) is 2.04. The van der Waals surface area contributed by atoms with Crippen molar-refractivity contribution in [2.45, 2.75) is 44.7 Å². The lowest BCUT2D eigenvalue weighted by Crippen LogP contribution is -2.40. The van der Waals surface area contributed by atoms with E-state index in [1.54, 1.807) is 0 Å². The molecule has 0 saturated carbocycles. The summed E-state index contributed by atoms with van der Waals surface area (Å²) < 4.78 is 0. The lowest BCUT2D eigenvalue weighted by Gasteiger charge is -2.22. The summed E-state index contributed by atoms with van der Waals surface area (Å²) in [5.74, 6) is 0. The van der Waals surface area contributed by atoms with E-state index in [0.29, 0.717) is 12.1 Å². The summed E-state index contributed by atoms with van der Waals surface area (Å²) in [5, 5.41) is 12.6. The molecule has 0 bridgehead atoms. The predicted molar refractivity (Wildman–Crippen MR) is 59.4 cm³/mol. The molecule has 14 heavy (non-hydrogen) atoms. The van der Waals surface area contributed by atoms with Crippen LogP contribution in [-0.4, -0.2) is 48.8 Å². The first kappa shape index (κ1) is 12.0. The number of nitrogens with one attached hydrogen (secondary N) is 1. The molecular formula is C11H24N2O. The molecule has 2 unspecified atom stereocenters. The zero-order chi connectivity index (χ0) is 10.4. The van der Waals surface area contributed by atoms with Crippen LogP contribution in [0.15, 0.2) is 0 Å². The van der Waals surface area contributed by atoms with E-state index in [2.05, 4.69) is 24.2 Å². The third-order valence-corrected chi connectivity index (χ3v) is 3.14. The first-order valence-electron chi connectivity index (χ1n) is 5.81. The normalized spacial score (nSPS) is 27.2. The van der Waals surface area contributed by atoms with Gasteiger partial charge in [0.2, 0.25) is 0 Å². The molecule has 1 heterocycles. The van der Waals surface area contributed by atoms with Gasteiger partial charge in [0.25, 0.3) is 0 Å². The molecule has 2 atom stereocenters. The smallest absolute Gasteiger partial charge is 0.0584 e. The molecule has 0 aromatic heterocycles. The van der Waals surface area contributed by atoms with Crippen LogP contribution in [0, 0.1) is 0 Å². The van der Waals surface area contributed by atoms with Crippen molar-refractivity contribution in [1.29, 1.82) is 0 Å². The Hall–Kier alpha value is -0.120. The van der Waals surface area contributed by atoms with Gasteiger partial charge in [-0.25, -0.2) is 0 Å². The average Bonchev–Trinajstić information content (AvgIpc) is 2.40. The van der Waals surface area contributed by atoms with Gasteiger partial charge in [-0.1, -0.05) is 6.92 Å². The van der Waals surface area contributed by atoms with Crippen LogP contribution in [0.4, 0.5) is 0 Å². The summed E-state index contributed by atoms with van der Waals surface area (Å²) >= 11 is 0. The van der Waals surface area contributed by atoms with Gasteiger partial charge in [-0.15, -0.1) is 0 Å². The molecular weight excluding hydrogens is 176 g/mol. The lowest BCUT2D eigenvalue weighted by molar-refractivity contribution is 0.222. The quantitative estimate of drug-likeness (QED) is 0.705. The van der Waals surface area contributed by atoms with Crippen molar-refractivity contribution in [3.05, 3.63) is 0 Å². The highest BCUT2D eigenvalue weighted by Crippen LogP contribution is 2.10. The average molecular weight is 200 g/mol. The van der Waals surface area contributed by atoms with Crippen molar-refractivity contribution in [2.75, 3.05) is 26.7 Å². The largest absolute Gasteiger partial charge is 0.395 e. The number of hydrogen-bond donors (Lipinski definition) is 2. The molecule has 1 aliphatic rings. The van der Waals surface area contributed by atoms with Gasteiger partial charge in [0.05, 0.1) is 6.61 Å². The number of aliphatic hydroxyl groups excluding tert-OH is 1. The van der Waals surface area contributed by atoms with Gasteiger partial charge in [0, 0.05) is 12.1 Å². The zero-order valence-electron chi connectivity index (χ0n) is 9.50. The highest BCUT2D eigenvalue weighted by Gasteiger charge is 2.16. The molecule has 0 aromatic carbocycles. The molecule has 1 saturated heterocycles. The number of hydrogen-bond acceptors (Lipinski definition) is 3. The second-order valence-corrected chi connectivity index (χ2v) is 4.39. The lowest BCUT2D eigenvalue weighted by atomic mass is 10.1. The number of likely N-dealkylation sites (tertiary alicyclic amines) is 1. The minimum Gasteiger partial charge on any atom is -0.395 e. The van der Waals surface area contributed by atoms with Crippen LogP contribution < -0.4 is 5.32 Å². The predicted octanol–water partition coefficient (Wildman–Crippen LogP) is 0.831. The zero-order valence-corrected chi connectivity index (χ0v) is 9.50. The molecule has 0 amide bonds. The highest BCUT2D eigenvalue weighted by atomic mass is 16.3. The maximum atomic E-state index is 9.11. The summed E-state index contributed by atoms with van der Waals surface area (Å²) in [4.78, 5) is 2.39. The van der Waals surface area contributed by atoms with Crippen LogP contribution in [0.25, 0.3) is 0 Å². The molecule has 84 valence electrons. The Bertz CT molecular complexity index is 148. The number of rotatable bonds is 4. The van der Waals surface area contributed by atoms with Crippen molar-refractivity contribution in [3.63, 3.8) is 0 Å². The third-order valence-electron chi connectivity index (χ3n) is 3.14. The van der Waals surface area contributed by atoms with Crippen molar-refractivity contribution in [3.8, 4) is 0 Å². The molecule has 3 heteroatoms. The minimum atomic E-state index is 0.267. The van der Waals surface area contributed by atoms with Gasteiger partial charge in [0.15, 0.2) is 0 Å². The molecule has 3 nitrogen and oxygen atoms in total. The van der Waals surface area contributed by atoms with E-state index in [1.807, 2.05) is 0 Å². The third kappa shape index (κ3) is 3.95. The van der Waals surface area contributed by atoms with Crippen LogP contribution >= 0.6 is 0 Å². The van der Waals surface area contributed by atoms with E-state index in [4.69, 9.17) is 5.11 Å². The summed E-state index contributed by atoms with van der Waals surface area (Å²) in [6, 6.07) is 0.903. The molecule has 0 aliphatic carbocycles. The van der Waals surface area contributed by atoms with E-state index in [0.717, 1.165) is 6.42 Å². The van der Waals surface area contributed by atoms with Gasteiger partial charge in [-0.05, 0) is 45.8 Å². The maximum absolute atomic E-state index is 9.11. The Kier molecular flexibility index (Phi) is 5.45. The Morgan fingerprint density at radius 2 is 2.21 bits per heavy atom. The summed E-state index contributed by atoms with van der Waals surface area (Å²) in [6.45, 7) is 4.78. The van der Waals surface area contributed by atoms with Crippen LogP contribution in [0.1, 0.15) is 32.6 Å². The maximum Gasteiger partial charge on any atom is 0.0584 e. The summed E-state index contributed by atoms with van der Waals surface area (Å²) in [7, 11) is 2.19. The van der Waals surface area contributed by atoms with Crippen molar-refractivity contribution in [2.24, 2.45) is 0 Å². The summed E-state index contributed by atoms with van der Waals surface area (Å²) in [5.41, 5.74) is 0. The Balaban J connectivity index is 2.29. The number of aliphatic hydroxyl groups is 1. The second-order valence-electron chi connectivity index (χ2n) is 4.39. The fraction of sp³-hybridized carbons (Fsp3) is 1.00. The Morgan fingerprint density at radius 1 is 1.43 bits per heavy atom. The van der Waals surface area contributed by atoms with Crippen molar-refractivity contribution < 1.29 is 5.11 Å². The monoisotopic (exact) mass is 200 g/mol. The standard InChI is InChI=1S/C11H24N2O/c1-3-10(9-14)12-11-5-4-7-13(2)8-6-11/h10-12,14H,3-9H2,1-2H3. The van der Waals surface area contributed by atoms with E-state index < -0.39 is 0 Å². The molecule has 1 fully saturated rings. The SMILES string of the molecule is CCC(CO)NC1CCCN(C)CC1. The Labute approximate surface area is 87.5 Å². The number of nitrogens with zero attached hydrogens (tertiary/aromatic N) is 1.